The van der Waals surface area contributed by atoms with Gasteiger partial charge in [-0.25, -0.2) is 4.98 Å². The maximum absolute atomic E-state index is 12.5. The van der Waals surface area contributed by atoms with Crippen molar-refractivity contribution in [3.05, 3.63) is 94.7 Å². The van der Waals surface area contributed by atoms with Crippen molar-refractivity contribution in [3.63, 3.8) is 0 Å². The van der Waals surface area contributed by atoms with E-state index in [0.717, 1.165) is 11.1 Å². The van der Waals surface area contributed by atoms with Gasteiger partial charge in [-0.15, -0.1) is 0 Å². The molecule has 0 atom stereocenters. The standard InChI is InChI=1S/C26H23N3O4/c30-24(28-14-19-9-12-23(27-13-19)33-16-18-5-6-18)20-10-7-17(8-11-20)15-29-25(31)21-3-1-2-4-22(21)26(29)32/h1-4,7-13,18H,5-6,14-16H2,(H,28,30). The lowest BCUT2D eigenvalue weighted by molar-refractivity contribution is 0.0641. The molecule has 1 fully saturated rings. The molecule has 166 valence electrons. The van der Waals surface area contributed by atoms with Gasteiger partial charge in [0, 0.05) is 24.4 Å². The highest BCUT2D eigenvalue weighted by Crippen LogP contribution is 2.29. The average molecular weight is 441 g/mol. The summed E-state index contributed by atoms with van der Waals surface area (Å²) in [5.41, 5.74) is 3.00. The van der Waals surface area contributed by atoms with E-state index >= 15 is 0 Å². The number of fused-ring (bicyclic) bond motifs is 1. The molecule has 0 saturated heterocycles. The average Bonchev–Trinajstić information content (AvgIpc) is 3.66. The van der Waals surface area contributed by atoms with Gasteiger partial charge in [0.1, 0.15) is 0 Å². The minimum absolute atomic E-state index is 0.162. The van der Waals surface area contributed by atoms with E-state index < -0.39 is 0 Å². The number of rotatable bonds is 8. The molecule has 0 radical (unpaired) electrons. The fraction of sp³-hybridized carbons (Fsp3) is 0.231. The van der Waals surface area contributed by atoms with E-state index in [1.54, 1.807) is 54.7 Å². The van der Waals surface area contributed by atoms with Gasteiger partial charge in [-0.05, 0) is 54.2 Å². The van der Waals surface area contributed by atoms with E-state index in [1.165, 1.54) is 17.7 Å². The zero-order valence-corrected chi connectivity index (χ0v) is 18.0. The summed E-state index contributed by atoms with van der Waals surface area (Å²) in [5, 5.41) is 2.88. The van der Waals surface area contributed by atoms with Crippen molar-refractivity contribution in [2.24, 2.45) is 5.92 Å². The lowest BCUT2D eigenvalue weighted by Gasteiger charge is -2.14. The third-order valence-corrected chi connectivity index (χ3v) is 5.85. The molecule has 1 N–H and O–H groups in total. The third-order valence-electron chi connectivity index (χ3n) is 5.85. The smallest absolute Gasteiger partial charge is 0.261 e. The normalized spacial score (nSPS) is 14.8. The molecule has 2 heterocycles. The number of amides is 3. The maximum atomic E-state index is 12.5. The number of carbonyl (C=O) groups excluding carboxylic acids is 3. The zero-order chi connectivity index (χ0) is 22.8. The van der Waals surface area contributed by atoms with Crippen molar-refractivity contribution in [1.29, 1.82) is 0 Å². The second kappa shape index (κ2) is 8.86. The number of ether oxygens (including phenoxy) is 1. The quantitative estimate of drug-likeness (QED) is 0.540. The van der Waals surface area contributed by atoms with Crippen LogP contribution in [0.2, 0.25) is 0 Å². The number of aromatic nitrogens is 1. The van der Waals surface area contributed by atoms with Crippen LogP contribution in [0.1, 0.15) is 55.0 Å². The molecule has 3 amide bonds. The van der Waals surface area contributed by atoms with Gasteiger partial charge >= 0.3 is 0 Å². The summed E-state index contributed by atoms with van der Waals surface area (Å²) >= 11 is 0. The minimum atomic E-state index is -0.296. The molecule has 1 aromatic heterocycles. The second-order valence-electron chi connectivity index (χ2n) is 8.38. The summed E-state index contributed by atoms with van der Waals surface area (Å²) in [6.45, 7) is 1.23. The molecule has 0 bridgehead atoms. The highest BCUT2D eigenvalue weighted by molar-refractivity contribution is 6.21. The van der Waals surface area contributed by atoms with Gasteiger partial charge < -0.3 is 10.1 Å². The Bertz CT molecular complexity index is 1170. The molecule has 1 aliphatic carbocycles. The van der Waals surface area contributed by atoms with Gasteiger partial charge in [0.15, 0.2) is 0 Å². The topological polar surface area (TPSA) is 88.6 Å². The van der Waals surface area contributed by atoms with Crippen LogP contribution >= 0.6 is 0 Å². The lowest BCUT2D eigenvalue weighted by Crippen LogP contribution is -2.29. The number of imide groups is 1. The van der Waals surface area contributed by atoms with Crippen LogP contribution in [0, 0.1) is 5.92 Å². The van der Waals surface area contributed by atoms with Crippen LogP contribution in [-0.4, -0.2) is 34.2 Å². The van der Waals surface area contributed by atoms with Gasteiger partial charge in [-0.1, -0.05) is 30.3 Å². The van der Waals surface area contributed by atoms with Crippen molar-refractivity contribution in [3.8, 4) is 5.88 Å². The number of benzene rings is 2. The third kappa shape index (κ3) is 4.62. The zero-order valence-electron chi connectivity index (χ0n) is 18.0. The fourth-order valence-electron chi connectivity index (χ4n) is 3.70. The summed E-state index contributed by atoms with van der Waals surface area (Å²) in [6, 6.07) is 17.4. The van der Waals surface area contributed by atoms with Crippen LogP contribution in [0.25, 0.3) is 0 Å². The highest BCUT2D eigenvalue weighted by atomic mass is 16.5. The van der Waals surface area contributed by atoms with Gasteiger partial charge in [0.2, 0.25) is 5.88 Å². The van der Waals surface area contributed by atoms with E-state index in [9.17, 15) is 14.4 Å². The summed E-state index contributed by atoms with van der Waals surface area (Å²) in [7, 11) is 0. The number of carbonyl (C=O) groups is 3. The highest BCUT2D eigenvalue weighted by Gasteiger charge is 2.34. The lowest BCUT2D eigenvalue weighted by atomic mass is 10.1. The number of hydrogen-bond donors (Lipinski definition) is 1. The van der Waals surface area contributed by atoms with Crippen molar-refractivity contribution in [2.75, 3.05) is 6.61 Å². The molecule has 2 aliphatic rings. The summed E-state index contributed by atoms with van der Waals surface area (Å²) < 4.78 is 5.63. The predicted molar refractivity (Wildman–Crippen MR) is 121 cm³/mol. The Balaban J connectivity index is 1.15. The van der Waals surface area contributed by atoms with Crippen molar-refractivity contribution < 1.29 is 19.1 Å². The number of pyridine rings is 1. The largest absolute Gasteiger partial charge is 0.477 e. The van der Waals surface area contributed by atoms with Crippen molar-refractivity contribution in [2.45, 2.75) is 25.9 Å². The monoisotopic (exact) mass is 441 g/mol. The molecule has 0 spiro atoms. The Morgan fingerprint density at radius 2 is 1.61 bits per heavy atom. The van der Waals surface area contributed by atoms with Crippen LogP contribution in [0.15, 0.2) is 66.9 Å². The van der Waals surface area contributed by atoms with Crippen molar-refractivity contribution >= 4 is 17.7 Å². The van der Waals surface area contributed by atoms with E-state index in [-0.39, 0.29) is 24.3 Å². The Labute approximate surface area is 191 Å². The van der Waals surface area contributed by atoms with E-state index in [4.69, 9.17) is 4.74 Å². The molecular weight excluding hydrogens is 418 g/mol. The number of nitrogens with zero attached hydrogens (tertiary/aromatic N) is 2. The molecule has 2 aromatic carbocycles. The minimum Gasteiger partial charge on any atom is -0.477 e. The molecule has 1 aliphatic heterocycles. The van der Waals surface area contributed by atoms with Crippen molar-refractivity contribution in [1.82, 2.24) is 15.2 Å². The molecule has 7 heteroatoms. The first-order valence-corrected chi connectivity index (χ1v) is 11.0. The first-order chi connectivity index (χ1) is 16.1. The fourth-order valence-corrected chi connectivity index (χ4v) is 3.70. The van der Waals surface area contributed by atoms with Gasteiger partial charge in [-0.3, -0.25) is 19.3 Å². The molecule has 1 saturated carbocycles. The van der Waals surface area contributed by atoms with Gasteiger partial charge in [0.25, 0.3) is 17.7 Å². The van der Waals surface area contributed by atoms with E-state index in [1.807, 2.05) is 12.1 Å². The number of nitrogens with one attached hydrogen (secondary N) is 1. The summed E-state index contributed by atoms with van der Waals surface area (Å²) in [6.07, 6.45) is 4.16. The molecular formula is C26H23N3O4. The van der Waals surface area contributed by atoms with Crippen LogP contribution < -0.4 is 10.1 Å². The SMILES string of the molecule is O=C(NCc1ccc(OCC2CC2)nc1)c1ccc(CN2C(=O)c3ccccc3C2=O)cc1. The molecule has 7 nitrogen and oxygen atoms in total. The summed E-state index contributed by atoms with van der Waals surface area (Å²) in [5.74, 6) is 0.469. The van der Waals surface area contributed by atoms with Crippen LogP contribution in [-0.2, 0) is 13.1 Å². The Hall–Kier alpha value is -4.00. The molecule has 3 aromatic rings. The van der Waals surface area contributed by atoms with E-state index in [0.29, 0.717) is 41.6 Å². The maximum Gasteiger partial charge on any atom is 0.261 e. The first kappa shape index (κ1) is 20.9. The molecule has 5 rings (SSSR count). The summed E-state index contributed by atoms with van der Waals surface area (Å²) in [4.78, 5) is 43.1. The molecule has 0 unspecified atom stereocenters. The van der Waals surface area contributed by atoms with Gasteiger partial charge in [-0.2, -0.15) is 0 Å². The van der Waals surface area contributed by atoms with Crippen LogP contribution in [0.4, 0.5) is 0 Å². The van der Waals surface area contributed by atoms with E-state index in [2.05, 4.69) is 10.3 Å². The Morgan fingerprint density at radius 3 is 2.21 bits per heavy atom. The predicted octanol–water partition coefficient (Wildman–Crippen LogP) is 3.60. The first-order valence-electron chi connectivity index (χ1n) is 11.0. The number of hydrogen-bond acceptors (Lipinski definition) is 5. The Kier molecular flexibility index (Phi) is 5.60. The van der Waals surface area contributed by atoms with Crippen LogP contribution in [0.3, 0.4) is 0 Å². The second-order valence-corrected chi connectivity index (χ2v) is 8.38. The van der Waals surface area contributed by atoms with Gasteiger partial charge in [0.05, 0.1) is 24.3 Å². The van der Waals surface area contributed by atoms with Crippen LogP contribution in [0.5, 0.6) is 5.88 Å². The Morgan fingerprint density at radius 1 is 0.939 bits per heavy atom. The molecule has 33 heavy (non-hydrogen) atoms.